The largest absolute Gasteiger partial charge is 0.351 e. The molecular formula is C14H14N4S. The lowest BCUT2D eigenvalue weighted by atomic mass is 10.2. The topological polar surface area (TPSA) is 50.7 Å². The molecule has 1 aromatic carbocycles. The maximum atomic E-state index is 4.63. The molecule has 2 heterocycles. The molecule has 0 spiro atoms. The quantitative estimate of drug-likeness (QED) is 0.791. The third-order valence-electron chi connectivity index (χ3n) is 2.76. The number of aromatic nitrogens is 3. The van der Waals surface area contributed by atoms with Crippen molar-refractivity contribution in [2.45, 2.75) is 19.4 Å². The van der Waals surface area contributed by atoms with Gasteiger partial charge in [-0.3, -0.25) is 0 Å². The first kappa shape index (κ1) is 12.0. The van der Waals surface area contributed by atoms with Gasteiger partial charge in [0.15, 0.2) is 0 Å². The van der Waals surface area contributed by atoms with Gasteiger partial charge in [-0.25, -0.2) is 15.0 Å². The van der Waals surface area contributed by atoms with Gasteiger partial charge >= 0.3 is 0 Å². The number of nitrogens with zero attached hydrogens (tertiary/aromatic N) is 3. The van der Waals surface area contributed by atoms with Gasteiger partial charge < -0.3 is 5.32 Å². The number of para-hydroxylation sites is 1. The van der Waals surface area contributed by atoms with Gasteiger partial charge in [0.25, 0.3) is 0 Å². The van der Waals surface area contributed by atoms with Crippen LogP contribution in [-0.4, -0.2) is 21.0 Å². The highest BCUT2D eigenvalue weighted by Crippen LogP contribution is 2.22. The molecule has 0 saturated carbocycles. The fraction of sp³-hybridized carbons (Fsp3) is 0.214. The van der Waals surface area contributed by atoms with E-state index in [0.717, 1.165) is 16.9 Å². The number of rotatable bonds is 4. The lowest BCUT2D eigenvalue weighted by molar-refractivity contribution is 0.773. The summed E-state index contributed by atoms with van der Waals surface area (Å²) in [7, 11) is 0. The summed E-state index contributed by atoms with van der Waals surface area (Å²) in [5.41, 5.74) is 1.07. The Kier molecular flexibility index (Phi) is 3.37. The monoisotopic (exact) mass is 270 g/mol. The van der Waals surface area contributed by atoms with E-state index in [1.54, 1.807) is 23.7 Å². The molecule has 0 aliphatic heterocycles. The van der Waals surface area contributed by atoms with Crippen molar-refractivity contribution in [2.75, 3.05) is 5.32 Å². The molecule has 2 aromatic heterocycles. The van der Waals surface area contributed by atoms with E-state index in [1.165, 1.54) is 4.70 Å². The van der Waals surface area contributed by atoms with E-state index in [2.05, 4.69) is 33.3 Å². The van der Waals surface area contributed by atoms with Gasteiger partial charge in [0.2, 0.25) is 5.95 Å². The van der Waals surface area contributed by atoms with Gasteiger partial charge in [0, 0.05) is 24.9 Å². The molecule has 3 rings (SSSR count). The van der Waals surface area contributed by atoms with Crippen LogP contribution in [0.25, 0.3) is 10.2 Å². The Morgan fingerprint density at radius 2 is 1.95 bits per heavy atom. The minimum atomic E-state index is 0.253. The van der Waals surface area contributed by atoms with Crippen molar-refractivity contribution >= 4 is 27.5 Å². The molecule has 96 valence electrons. The minimum Gasteiger partial charge on any atom is -0.351 e. The molecular weight excluding hydrogens is 256 g/mol. The maximum absolute atomic E-state index is 4.63. The summed E-state index contributed by atoms with van der Waals surface area (Å²) >= 11 is 1.74. The van der Waals surface area contributed by atoms with E-state index in [1.807, 2.05) is 24.3 Å². The highest BCUT2D eigenvalue weighted by Gasteiger charge is 2.09. The third kappa shape index (κ3) is 2.88. The second kappa shape index (κ2) is 5.32. The van der Waals surface area contributed by atoms with Crippen molar-refractivity contribution in [3.05, 3.63) is 47.7 Å². The zero-order chi connectivity index (χ0) is 13.1. The Labute approximate surface area is 115 Å². The Balaban J connectivity index is 1.70. The highest BCUT2D eigenvalue weighted by atomic mass is 32.1. The molecule has 0 bridgehead atoms. The standard InChI is InChI=1S/C14H14N4S/c1-10(17-14-15-7-4-8-16-14)9-13-18-11-5-2-3-6-12(11)19-13/h2-8,10H,9H2,1H3,(H,15,16,17)/t10-/m0/s1. The molecule has 0 unspecified atom stereocenters. The van der Waals surface area contributed by atoms with Gasteiger partial charge in [-0.2, -0.15) is 0 Å². The molecule has 1 N–H and O–H groups in total. The fourth-order valence-electron chi connectivity index (χ4n) is 1.91. The van der Waals surface area contributed by atoms with E-state index in [-0.39, 0.29) is 6.04 Å². The van der Waals surface area contributed by atoms with Gasteiger partial charge in [-0.15, -0.1) is 11.3 Å². The van der Waals surface area contributed by atoms with Crippen LogP contribution in [0, 0.1) is 0 Å². The molecule has 4 nitrogen and oxygen atoms in total. The smallest absolute Gasteiger partial charge is 0.222 e. The van der Waals surface area contributed by atoms with Crippen LogP contribution in [0.3, 0.4) is 0 Å². The van der Waals surface area contributed by atoms with Gasteiger partial charge in [-0.05, 0) is 25.1 Å². The van der Waals surface area contributed by atoms with Gasteiger partial charge in [0.1, 0.15) is 0 Å². The van der Waals surface area contributed by atoms with Crippen molar-refractivity contribution in [2.24, 2.45) is 0 Å². The third-order valence-corrected chi connectivity index (χ3v) is 3.82. The van der Waals surface area contributed by atoms with E-state index in [4.69, 9.17) is 0 Å². The zero-order valence-corrected chi connectivity index (χ0v) is 11.4. The summed E-state index contributed by atoms with van der Waals surface area (Å²) in [6.07, 6.45) is 4.34. The summed E-state index contributed by atoms with van der Waals surface area (Å²) in [6.45, 7) is 2.11. The average Bonchev–Trinajstić information content (AvgIpc) is 2.81. The number of benzene rings is 1. The van der Waals surface area contributed by atoms with Crippen molar-refractivity contribution in [3.63, 3.8) is 0 Å². The average molecular weight is 270 g/mol. The first-order valence-corrected chi connectivity index (χ1v) is 7.01. The van der Waals surface area contributed by atoms with Crippen LogP contribution in [0.2, 0.25) is 0 Å². The summed E-state index contributed by atoms with van der Waals surface area (Å²) in [5, 5.41) is 4.42. The molecule has 0 aliphatic carbocycles. The number of fused-ring (bicyclic) bond motifs is 1. The summed E-state index contributed by atoms with van der Waals surface area (Å²) in [6, 6.07) is 10.3. The van der Waals surface area contributed by atoms with Crippen LogP contribution in [0.4, 0.5) is 5.95 Å². The predicted octanol–water partition coefficient (Wildman–Crippen LogP) is 3.13. The molecule has 0 amide bonds. The number of thiazole rings is 1. The summed E-state index contributed by atoms with van der Waals surface area (Å²) < 4.78 is 1.24. The lowest BCUT2D eigenvalue weighted by Crippen LogP contribution is -2.19. The minimum absolute atomic E-state index is 0.253. The van der Waals surface area contributed by atoms with Gasteiger partial charge in [0.05, 0.1) is 15.2 Å². The fourth-order valence-corrected chi connectivity index (χ4v) is 3.01. The normalized spacial score (nSPS) is 12.5. The molecule has 19 heavy (non-hydrogen) atoms. The van der Waals surface area contributed by atoms with E-state index in [0.29, 0.717) is 5.95 Å². The van der Waals surface area contributed by atoms with Crippen LogP contribution in [0.5, 0.6) is 0 Å². The van der Waals surface area contributed by atoms with Crippen molar-refractivity contribution in [1.82, 2.24) is 15.0 Å². The van der Waals surface area contributed by atoms with Crippen LogP contribution in [0.15, 0.2) is 42.7 Å². The second-order valence-corrected chi connectivity index (χ2v) is 5.51. The molecule has 0 fully saturated rings. The number of anilines is 1. The van der Waals surface area contributed by atoms with Crippen molar-refractivity contribution in [3.8, 4) is 0 Å². The number of nitrogens with one attached hydrogen (secondary N) is 1. The molecule has 0 radical (unpaired) electrons. The first-order valence-electron chi connectivity index (χ1n) is 6.19. The van der Waals surface area contributed by atoms with E-state index in [9.17, 15) is 0 Å². The maximum Gasteiger partial charge on any atom is 0.222 e. The summed E-state index contributed by atoms with van der Waals surface area (Å²) in [5.74, 6) is 0.663. The Hall–Kier alpha value is -2.01. The predicted molar refractivity (Wildman–Crippen MR) is 78.4 cm³/mol. The van der Waals surface area contributed by atoms with Gasteiger partial charge in [-0.1, -0.05) is 12.1 Å². The molecule has 5 heteroatoms. The van der Waals surface area contributed by atoms with E-state index >= 15 is 0 Å². The van der Waals surface area contributed by atoms with Crippen LogP contribution < -0.4 is 5.32 Å². The molecule has 3 aromatic rings. The zero-order valence-electron chi connectivity index (χ0n) is 10.6. The molecule has 1 atom stereocenters. The summed E-state index contributed by atoms with van der Waals surface area (Å²) in [4.78, 5) is 13.0. The number of hydrogen-bond donors (Lipinski definition) is 1. The van der Waals surface area contributed by atoms with Crippen molar-refractivity contribution < 1.29 is 0 Å². The second-order valence-electron chi connectivity index (χ2n) is 4.40. The van der Waals surface area contributed by atoms with Crippen LogP contribution in [0.1, 0.15) is 11.9 Å². The van der Waals surface area contributed by atoms with Crippen LogP contribution >= 0.6 is 11.3 Å². The highest BCUT2D eigenvalue weighted by molar-refractivity contribution is 7.18. The lowest BCUT2D eigenvalue weighted by Gasteiger charge is -2.11. The number of hydrogen-bond acceptors (Lipinski definition) is 5. The molecule has 0 saturated heterocycles. The van der Waals surface area contributed by atoms with E-state index < -0.39 is 0 Å². The molecule has 0 aliphatic rings. The first-order chi connectivity index (χ1) is 9.31. The Bertz CT molecular complexity index is 632. The Morgan fingerprint density at radius 1 is 1.16 bits per heavy atom. The van der Waals surface area contributed by atoms with Crippen LogP contribution in [-0.2, 0) is 6.42 Å². The Morgan fingerprint density at radius 3 is 2.74 bits per heavy atom. The van der Waals surface area contributed by atoms with Crippen molar-refractivity contribution in [1.29, 1.82) is 0 Å². The SMILES string of the molecule is C[C@@H](Cc1nc2ccccc2s1)Nc1ncccn1.